The van der Waals surface area contributed by atoms with E-state index >= 15 is 0 Å². The molecule has 0 fully saturated rings. The van der Waals surface area contributed by atoms with Gasteiger partial charge in [-0.15, -0.1) is 0 Å². The van der Waals surface area contributed by atoms with Crippen LogP contribution in [0.2, 0.25) is 5.02 Å². The lowest BCUT2D eigenvalue weighted by atomic mass is 10.1. The molecule has 4 nitrogen and oxygen atoms in total. The summed E-state index contributed by atoms with van der Waals surface area (Å²) in [5.41, 5.74) is 0.372. The van der Waals surface area contributed by atoms with Crippen molar-refractivity contribution in [3.05, 3.63) is 34.9 Å². The molecule has 0 radical (unpaired) electrons. The molecule has 0 aromatic heterocycles. The van der Waals surface area contributed by atoms with Crippen molar-refractivity contribution in [2.45, 2.75) is 11.4 Å². The summed E-state index contributed by atoms with van der Waals surface area (Å²) >= 11 is 5.73. The maximum atomic E-state index is 11.3. The number of rotatable bonds is 4. The van der Waals surface area contributed by atoms with Crippen LogP contribution in [0, 0.1) is 0 Å². The topological polar surface area (TPSA) is 74.6 Å². The molecule has 0 amide bonds. The largest absolute Gasteiger partial charge is 0.395 e. The molecule has 90 valence electrons. The van der Waals surface area contributed by atoms with Crippen molar-refractivity contribution in [2.24, 2.45) is 0 Å². The molecule has 0 bridgehead atoms. The normalized spacial score (nSPS) is 15.8. The molecule has 0 aliphatic carbocycles. The lowest BCUT2D eigenvalue weighted by Gasteiger charge is -2.19. The van der Waals surface area contributed by atoms with Gasteiger partial charge in [0.1, 0.15) is 5.25 Å². The fourth-order valence-corrected chi connectivity index (χ4v) is 2.47. The Kier molecular flexibility index (Phi) is 4.32. The summed E-state index contributed by atoms with van der Waals surface area (Å²) in [5, 5.41) is 18.0. The van der Waals surface area contributed by atoms with Gasteiger partial charge in [0.25, 0.3) is 0 Å². The van der Waals surface area contributed by atoms with Crippen LogP contribution in [-0.2, 0) is 9.84 Å². The molecule has 1 aromatic rings. The molecule has 0 aliphatic rings. The second-order valence-electron chi connectivity index (χ2n) is 3.55. The minimum atomic E-state index is -3.52. The van der Waals surface area contributed by atoms with E-state index in [-0.39, 0.29) is 0 Å². The summed E-state index contributed by atoms with van der Waals surface area (Å²) in [6.07, 6.45) is -0.305. The summed E-state index contributed by atoms with van der Waals surface area (Å²) in [7, 11) is -3.52. The van der Waals surface area contributed by atoms with Gasteiger partial charge in [-0.05, 0) is 17.7 Å². The summed E-state index contributed by atoms with van der Waals surface area (Å²) in [6.45, 7) is -0.632. The van der Waals surface area contributed by atoms with Gasteiger partial charge in [0, 0.05) is 11.3 Å². The van der Waals surface area contributed by atoms with E-state index in [0.29, 0.717) is 10.6 Å². The first kappa shape index (κ1) is 13.4. The summed E-state index contributed by atoms with van der Waals surface area (Å²) < 4.78 is 22.6. The predicted molar refractivity (Wildman–Crippen MR) is 62.1 cm³/mol. The molecule has 0 unspecified atom stereocenters. The molecule has 1 rings (SSSR count). The minimum Gasteiger partial charge on any atom is -0.395 e. The minimum absolute atomic E-state index is 0.372. The van der Waals surface area contributed by atoms with Crippen molar-refractivity contribution in [1.82, 2.24) is 0 Å². The van der Waals surface area contributed by atoms with Gasteiger partial charge >= 0.3 is 0 Å². The predicted octanol–water partition coefficient (Wildman–Crippen LogP) is 0.779. The van der Waals surface area contributed by atoms with E-state index in [4.69, 9.17) is 16.7 Å². The molecule has 1 aromatic carbocycles. The standard InChI is InChI=1S/C10H13ClO4S/c1-16(14,15)9(6-12)10(13)7-3-2-4-8(11)5-7/h2-5,9-10,12-13H,6H2,1H3/t9-,10-/m1/s1. The van der Waals surface area contributed by atoms with Gasteiger partial charge in [0.2, 0.25) is 0 Å². The van der Waals surface area contributed by atoms with Crippen LogP contribution in [0.5, 0.6) is 0 Å². The SMILES string of the molecule is CS(=O)(=O)[C@H](CO)[C@H](O)c1cccc(Cl)c1. The third kappa shape index (κ3) is 3.18. The van der Waals surface area contributed by atoms with Gasteiger partial charge in [0.15, 0.2) is 9.84 Å². The highest BCUT2D eigenvalue weighted by Gasteiger charge is 2.29. The molecule has 16 heavy (non-hydrogen) atoms. The van der Waals surface area contributed by atoms with Crippen LogP contribution in [0.4, 0.5) is 0 Å². The molecular weight excluding hydrogens is 252 g/mol. The second-order valence-corrected chi connectivity index (χ2v) is 6.25. The van der Waals surface area contributed by atoms with Gasteiger partial charge in [-0.25, -0.2) is 8.42 Å². The lowest BCUT2D eigenvalue weighted by molar-refractivity contribution is 0.138. The Hall–Kier alpha value is -0.620. The molecule has 0 heterocycles. The van der Waals surface area contributed by atoms with E-state index in [2.05, 4.69) is 0 Å². The number of halogens is 1. The van der Waals surface area contributed by atoms with E-state index in [9.17, 15) is 13.5 Å². The first-order chi connectivity index (χ1) is 7.36. The Balaban J connectivity index is 3.05. The third-order valence-corrected chi connectivity index (χ3v) is 4.01. The Morgan fingerprint density at radius 2 is 2.06 bits per heavy atom. The van der Waals surface area contributed by atoms with E-state index in [1.54, 1.807) is 18.2 Å². The number of benzene rings is 1. The van der Waals surface area contributed by atoms with E-state index in [1.807, 2.05) is 0 Å². The van der Waals surface area contributed by atoms with Gasteiger partial charge < -0.3 is 10.2 Å². The Morgan fingerprint density at radius 1 is 1.44 bits per heavy atom. The zero-order chi connectivity index (χ0) is 12.3. The Labute approximate surface area is 99.4 Å². The average molecular weight is 265 g/mol. The molecular formula is C10H13ClO4S. The van der Waals surface area contributed by atoms with E-state index in [0.717, 1.165) is 6.26 Å². The first-order valence-corrected chi connectivity index (χ1v) is 6.92. The first-order valence-electron chi connectivity index (χ1n) is 4.59. The summed E-state index contributed by atoms with van der Waals surface area (Å²) in [5.74, 6) is 0. The van der Waals surface area contributed by atoms with Gasteiger partial charge in [0.05, 0.1) is 12.7 Å². The van der Waals surface area contributed by atoms with Gasteiger partial charge in [-0.2, -0.15) is 0 Å². The molecule has 6 heteroatoms. The second kappa shape index (κ2) is 5.14. The van der Waals surface area contributed by atoms with Crippen molar-refractivity contribution in [2.75, 3.05) is 12.9 Å². The van der Waals surface area contributed by atoms with Gasteiger partial charge in [-0.1, -0.05) is 23.7 Å². The van der Waals surface area contributed by atoms with E-state index < -0.39 is 27.8 Å². The third-order valence-electron chi connectivity index (χ3n) is 2.27. The molecule has 2 N–H and O–H groups in total. The van der Waals surface area contributed by atoms with Crippen LogP contribution < -0.4 is 0 Å². The number of hydrogen-bond acceptors (Lipinski definition) is 4. The number of aliphatic hydroxyl groups excluding tert-OH is 2. The molecule has 0 aliphatic heterocycles. The number of sulfone groups is 1. The summed E-state index contributed by atoms with van der Waals surface area (Å²) in [6, 6.07) is 6.26. The van der Waals surface area contributed by atoms with Crippen molar-refractivity contribution in [3.8, 4) is 0 Å². The fourth-order valence-electron chi connectivity index (χ4n) is 1.37. The maximum Gasteiger partial charge on any atom is 0.155 e. The van der Waals surface area contributed by atoms with Crippen molar-refractivity contribution in [3.63, 3.8) is 0 Å². The van der Waals surface area contributed by atoms with E-state index in [1.165, 1.54) is 6.07 Å². The lowest BCUT2D eigenvalue weighted by Crippen LogP contribution is -2.31. The highest BCUT2D eigenvalue weighted by atomic mass is 35.5. The highest BCUT2D eigenvalue weighted by molar-refractivity contribution is 7.91. The average Bonchev–Trinajstić information content (AvgIpc) is 2.16. The van der Waals surface area contributed by atoms with Crippen LogP contribution >= 0.6 is 11.6 Å². The van der Waals surface area contributed by atoms with Crippen LogP contribution in [-0.4, -0.2) is 36.7 Å². The van der Waals surface area contributed by atoms with Gasteiger partial charge in [-0.3, -0.25) is 0 Å². The van der Waals surface area contributed by atoms with Crippen molar-refractivity contribution >= 4 is 21.4 Å². The smallest absolute Gasteiger partial charge is 0.155 e. The maximum absolute atomic E-state index is 11.3. The number of hydrogen-bond donors (Lipinski definition) is 2. The monoisotopic (exact) mass is 264 g/mol. The zero-order valence-corrected chi connectivity index (χ0v) is 10.2. The van der Waals surface area contributed by atoms with Crippen LogP contribution in [0.15, 0.2) is 24.3 Å². The highest BCUT2D eigenvalue weighted by Crippen LogP contribution is 2.23. The molecule has 0 saturated carbocycles. The van der Waals surface area contributed by atoms with Crippen LogP contribution in [0.3, 0.4) is 0 Å². The quantitative estimate of drug-likeness (QED) is 0.843. The van der Waals surface area contributed by atoms with Crippen LogP contribution in [0.1, 0.15) is 11.7 Å². The summed E-state index contributed by atoms with van der Waals surface area (Å²) in [4.78, 5) is 0. The number of aliphatic hydroxyl groups is 2. The zero-order valence-electron chi connectivity index (χ0n) is 8.67. The van der Waals surface area contributed by atoms with Crippen molar-refractivity contribution in [1.29, 1.82) is 0 Å². The molecule has 2 atom stereocenters. The Morgan fingerprint density at radius 3 is 2.50 bits per heavy atom. The fraction of sp³-hybridized carbons (Fsp3) is 0.400. The van der Waals surface area contributed by atoms with Crippen molar-refractivity contribution < 1.29 is 18.6 Å². The Bertz CT molecular complexity index is 458. The molecule has 0 saturated heterocycles. The van der Waals surface area contributed by atoms with Crippen LogP contribution in [0.25, 0.3) is 0 Å². The molecule has 0 spiro atoms.